The quantitative estimate of drug-likeness (QED) is 0.214. The Labute approximate surface area is 190 Å². The van der Waals surface area contributed by atoms with Gasteiger partial charge in [0, 0.05) is 30.8 Å². The van der Waals surface area contributed by atoms with Crippen molar-refractivity contribution in [3.05, 3.63) is 63.3 Å². The zero-order valence-electron chi connectivity index (χ0n) is 18.5. The van der Waals surface area contributed by atoms with E-state index >= 15 is 0 Å². The number of aryl methyl sites for hydroxylation is 2. The summed E-state index contributed by atoms with van der Waals surface area (Å²) in [5.41, 5.74) is 1.62. The highest BCUT2D eigenvalue weighted by Crippen LogP contribution is 2.25. The molecule has 1 aromatic heterocycles. The molecule has 1 aromatic carbocycles. The lowest BCUT2D eigenvalue weighted by Crippen LogP contribution is -2.39. The number of pyridine rings is 1. The molecule has 0 bridgehead atoms. The van der Waals surface area contributed by atoms with Crippen LogP contribution in [0, 0.1) is 24.0 Å². The van der Waals surface area contributed by atoms with Crippen molar-refractivity contribution < 1.29 is 24.4 Å². The Morgan fingerprint density at radius 2 is 1.91 bits per heavy atom. The second kappa shape index (κ2) is 12.1. The number of hydrogen-bond donors (Lipinski definition) is 4. The molecule has 0 spiro atoms. The summed E-state index contributed by atoms with van der Waals surface area (Å²) >= 11 is 0. The van der Waals surface area contributed by atoms with E-state index in [1.165, 1.54) is 18.2 Å². The maximum atomic E-state index is 12.3. The summed E-state index contributed by atoms with van der Waals surface area (Å²) in [4.78, 5) is 50.3. The molecule has 1 heterocycles. The zero-order valence-corrected chi connectivity index (χ0v) is 18.5. The van der Waals surface area contributed by atoms with Gasteiger partial charge in [-0.1, -0.05) is 12.1 Å². The van der Waals surface area contributed by atoms with Crippen molar-refractivity contribution in [2.24, 2.45) is 0 Å². The average Bonchev–Trinajstić information content (AvgIpc) is 2.75. The molecule has 0 radical (unpaired) electrons. The fourth-order valence-corrected chi connectivity index (χ4v) is 3.08. The molecule has 0 aliphatic heterocycles. The first-order chi connectivity index (χ1) is 15.7. The Hall–Kier alpha value is -4.02. The molecule has 1 atom stereocenters. The molecule has 4 N–H and O–H groups in total. The van der Waals surface area contributed by atoms with Crippen molar-refractivity contribution in [2.45, 2.75) is 39.2 Å². The van der Waals surface area contributed by atoms with Crippen LogP contribution in [0.3, 0.4) is 0 Å². The summed E-state index contributed by atoms with van der Waals surface area (Å²) in [5, 5.41) is 28.5. The van der Waals surface area contributed by atoms with Crippen LogP contribution in [0.25, 0.3) is 0 Å². The minimum Gasteiger partial charge on any atom is -0.481 e. The van der Waals surface area contributed by atoms with Gasteiger partial charge >= 0.3 is 5.97 Å². The lowest BCUT2D eigenvalue weighted by Gasteiger charge is -2.18. The number of nitro groups is 1. The highest BCUT2D eigenvalue weighted by atomic mass is 16.6. The lowest BCUT2D eigenvalue weighted by molar-refractivity contribution is -0.385. The van der Waals surface area contributed by atoms with E-state index in [1.54, 1.807) is 13.1 Å². The minimum atomic E-state index is -1.18. The SMILES string of the molecule is Cc1ccnc(NCCCC(=O)NCC(=O)NC(CC(=O)O)c2ccc(C)c([N+](=O)[O-])c2)c1. The van der Waals surface area contributed by atoms with Gasteiger partial charge in [0.25, 0.3) is 5.69 Å². The maximum absolute atomic E-state index is 12.3. The van der Waals surface area contributed by atoms with Gasteiger partial charge in [-0.2, -0.15) is 0 Å². The van der Waals surface area contributed by atoms with Gasteiger partial charge in [-0.05, 0) is 43.5 Å². The Bertz CT molecular complexity index is 1030. The first-order valence-electron chi connectivity index (χ1n) is 10.3. The standard InChI is InChI=1S/C22H27N5O6/c1-14-7-9-24-19(10-14)23-8-3-4-20(28)25-13-21(29)26-17(12-22(30)31)16-6-5-15(2)18(11-16)27(32)33/h5-7,9-11,17H,3-4,8,12-13H2,1-2H3,(H,23,24)(H,25,28)(H,26,29)(H,30,31). The van der Waals surface area contributed by atoms with E-state index in [0.717, 1.165) is 11.4 Å². The number of aliphatic carboxylic acids is 1. The van der Waals surface area contributed by atoms with Crippen LogP contribution in [0.1, 0.15) is 42.0 Å². The summed E-state index contributed by atoms with van der Waals surface area (Å²) in [6.45, 7) is 3.71. The predicted molar refractivity (Wildman–Crippen MR) is 121 cm³/mol. The summed E-state index contributed by atoms with van der Waals surface area (Å²) in [7, 11) is 0. The van der Waals surface area contributed by atoms with Crippen molar-refractivity contribution in [1.29, 1.82) is 0 Å². The van der Waals surface area contributed by atoms with E-state index < -0.39 is 29.3 Å². The number of carbonyl (C=O) groups is 3. The van der Waals surface area contributed by atoms with Crippen LogP contribution in [0.2, 0.25) is 0 Å². The normalized spacial score (nSPS) is 11.3. The van der Waals surface area contributed by atoms with Crippen molar-refractivity contribution in [3.8, 4) is 0 Å². The molecule has 0 aliphatic rings. The molecule has 1 unspecified atom stereocenters. The summed E-state index contributed by atoms with van der Waals surface area (Å²) < 4.78 is 0. The van der Waals surface area contributed by atoms with Gasteiger partial charge in [0.1, 0.15) is 5.82 Å². The topological polar surface area (TPSA) is 164 Å². The molecule has 11 nitrogen and oxygen atoms in total. The Balaban J connectivity index is 1.83. The number of nitrogens with one attached hydrogen (secondary N) is 3. The second-order valence-electron chi connectivity index (χ2n) is 7.55. The number of anilines is 1. The number of aromatic nitrogens is 1. The molecule has 0 saturated heterocycles. The third-order valence-electron chi connectivity index (χ3n) is 4.79. The van der Waals surface area contributed by atoms with Gasteiger partial charge in [-0.3, -0.25) is 24.5 Å². The van der Waals surface area contributed by atoms with Crippen LogP contribution in [-0.4, -0.2) is 45.9 Å². The van der Waals surface area contributed by atoms with E-state index in [-0.39, 0.29) is 24.6 Å². The highest BCUT2D eigenvalue weighted by molar-refractivity contribution is 5.85. The first-order valence-corrected chi connectivity index (χ1v) is 10.3. The van der Waals surface area contributed by atoms with Crippen molar-refractivity contribution in [1.82, 2.24) is 15.6 Å². The molecule has 0 saturated carbocycles. The number of nitrogens with zero attached hydrogens (tertiary/aromatic N) is 2. The van der Waals surface area contributed by atoms with Gasteiger partial charge < -0.3 is 21.1 Å². The van der Waals surface area contributed by atoms with Crippen LogP contribution in [0.5, 0.6) is 0 Å². The van der Waals surface area contributed by atoms with E-state index in [4.69, 9.17) is 5.11 Å². The molecule has 0 aliphatic carbocycles. The van der Waals surface area contributed by atoms with Gasteiger partial charge in [-0.15, -0.1) is 0 Å². The number of amides is 2. The first kappa shape index (κ1) is 25.2. The average molecular weight is 457 g/mol. The summed E-state index contributed by atoms with van der Waals surface area (Å²) in [6, 6.07) is 7.07. The van der Waals surface area contributed by atoms with E-state index in [9.17, 15) is 24.5 Å². The van der Waals surface area contributed by atoms with E-state index in [0.29, 0.717) is 24.1 Å². The molecular weight excluding hydrogens is 430 g/mol. The predicted octanol–water partition coefficient (Wildman–Crippen LogP) is 2.25. The number of carboxylic acid groups (broad SMARTS) is 1. The van der Waals surface area contributed by atoms with Gasteiger partial charge in [-0.25, -0.2) is 4.98 Å². The molecule has 2 rings (SSSR count). The number of carbonyl (C=O) groups excluding carboxylic acids is 2. The van der Waals surface area contributed by atoms with E-state index in [1.807, 2.05) is 19.1 Å². The maximum Gasteiger partial charge on any atom is 0.305 e. The smallest absolute Gasteiger partial charge is 0.305 e. The molecule has 11 heteroatoms. The number of benzene rings is 1. The Kier molecular flexibility index (Phi) is 9.28. The number of hydrogen-bond acceptors (Lipinski definition) is 7. The number of nitro benzene ring substituents is 1. The van der Waals surface area contributed by atoms with E-state index in [2.05, 4.69) is 20.9 Å². The molecule has 2 amide bonds. The van der Waals surface area contributed by atoms with Gasteiger partial charge in [0.15, 0.2) is 0 Å². The van der Waals surface area contributed by atoms with Gasteiger partial charge in [0.2, 0.25) is 11.8 Å². The minimum absolute atomic E-state index is 0.167. The largest absolute Gasteiger partial charge is 0.481 e. The van der Waals surface area contributed by atoms with Crippen molar-refractivity contribution >= 4 is 29.3 Å². The molecule has 0 fully saturated rings. The Morgan fingerprint density at radius 1 is 1.15 bits per heavy atom. The highest BCUT2D eigenvalue weighted by Gasteiger charge is 2.21. The van der Waals surface area contributed by atoms with Crippen LogP contribution in [0.15, 0.2) is 36.5 Å². The fraction of sp³-hybridized carbons (Fsp3) is 0.364. The summed E-state index contributed by atoms with van der Waals surface area (Å²) in [5.74, 6) is -1.39. The Morgan fingerprint density at radius 3 is 2.58 bits per heavy atom. The van der Waals surface area contributed by atoms with Crippen LogP contribution in [-0.2, 0) is 14.4 Å². The van der Waals surface area contributed by atoms with Crippen LogP contribution >= 0.6 is 0 Å². The zero-order chi connectivity index (χ0) is 24.4. The third kappa shape index (κ3) is 8.56. The van der Waals surface area contributed by atoms with Crippen molar-refractivity contribution in [3.63, 3.8) is 0 Å². The molecule has 2 aromatic rings. The number of rotatable bonds is 12. The second-order valence-corrected chi connectivity index (χ2v) is 7.55. The molecule has 33 heavy (non-hydrogen) atoms. The summed E-state index contributed by atoms with van der Waals surface area (Å²) in [6.07, 6.45) is 1.94. The number of carboxylic acids is 1. The lowest BCUT2D eigenvalue weighted by atomic mass is 10.0. The van der Waals surface area contributed by atoms with Gasteiger partial charge in [0.05, 0.1) is 23.9 Å². The van der Waals surface area contributed by atoms with Crippen LogP contribution < -0.4 is 16.0 Å². The van der Waals surface area contributed by atoms with Crippen LogP contribution in [0.4, 0.5) is 11.5 Å². The molecular formula is C22H27N5O6. The monoisotopic (exact) mass is 457 g/mol. The third-order valence-corrected chi connectivity index (χ3v) is 4.79. The van der Waals surface area contributed by atoms with Crippen molar-refractivity contribution in [2.75, 3.05) is 18.4 Å². The molecule has 176 valence electrons. The fourth-order valence-electron chi connectivity index (χ4n) is 3.08.